The number of aromatic amines is 1. The SMILES string of the molecule is CC(C)c1nc(C(=O)Nc2ccc(Cl)nc2)n[nH]1. The molecule has 1 amide bonds. The molecule has 2 heterocycles. The third-order valence-electron chi connectivity index (χ3n) is 2.24. The highest BCUT2D eigenvalue weighted by Gasteiger charge is 2.14. The van der Waals surface area contributed by atoms with E-state index < -0.39 is 0 Å². The molecule has 0 bridgehead atoms. The minimum Gasteiger partial charge on any atom is -0.318 e. The number of pyridine rings is 1. The fourth-order valence-electron chi connectivity index (χ4n) is 1.27. The molecule has 2 N–H and O–H groups in total. The van der Waals surface area contributed by atoms with Gasteiger partial charge >= 0.3 is 0 Å². The van der Waals surface area contributed by atoms with Crippen molar-refractivity contribution in [1.29, 1.82) is 0 Å². The van der Waals surface area contributed by atoms with Gasteiger partial charge in [0.25, 0.3) is 5.91 Å². The Morgan fingerprint density at radius 2 is 2.22 bits per heavy atom. The van der Waals surface area contributed by atoms with Crippen LogP contribution in [0.5, 0.6) is 0 Å². The molecule has 0 saturated carbocycles. The van der Waals surface area contributed by atoms with E-state index in [1.54, 1.807) is 12.1 Å². The zero-order valence-corrected chi connectivity index (χ0v) is 10.7. The van der Waals surface area contributed by atoms with E-state index in [0.717, 1.165) is 0 Å². The Balaban J connectivity index is 2.09. The predicted octanol–water partition coefficient (Wildman–Crippen LogP) is 2.23. The summed E-state index contributed by atoms with van der Waals surface area (Å²) in [5.41, 5.74) is 0.542. The minimum absolute atomic E-state index is 0.105. The van der Waals surface area contributed by atoms with Gasteiger partial charge in [0.05, 0.1) is 11.9 Å². The van der Waals surface area contributed by atoms with Gasteiger partial charge in [-0.05, 0) is 12.1 Å². The van der Waals surface area contributed by atoms with Crippen molar-refractivity contribution >= 4 is 23.2 Å². The van der Waals surface area contributed by atoms with E-state index in [1.807, 2.05) is 13.8 Å². The number of carbonyl (C=O) groups excluding carboxylic acids is 1. The summed E-state index contributed by atoms with van der Waals surface area (Å²) in [6.07, 6.45) is 1.47. The average Bonchev–Trinajstić information content (AvgIpc) is 2.81. The van der Waals surface area contributed by atoms with Crippen LogP contribution in [0.2, 0.25) is 5.15 Å². The van der Waals surface area contributed by atoms with Crippen molar-refractivity contribution < 1.29 is 4.79 Å². The Bertz CT molecular complexity index is 549. The zero-order valence-electron chi connectivity index (χ0n) is 9.94. The van der Waals surface area contributed by atoms with Crippen LogP contribution in [-0.4, -0.2) is 26.1 Å². The standard InChI is InChI=1S/C11H12ClN5O/c1-6(2)9-15-10(17-16-9)11(18)14-7-3-4-8(12)13-5-7/h3-6H,1-2H3,(H,14,18)(H,15,16,17). The molecule has 0 aromatic carbocycles. The molecule has 0 radical (unpaired) electrons. The summed E-state index contributed by atoms with van der Waals surface area (Å²) in [4.78, 5) is 19.8. The van der Waals surface area contributed by atoms with Gasteiger partial charge in [-0.15, -0.1) is 5.10 Å². The summed E-state index contributed by atoms with van der Waals surface area (Å²) in [6, 6.07) is 3.25. The van der Waals surface area contributed by atoms with E-state index in [4.69, 9.17) is 11.6 Å². The normalized spacial score (nSPS) is 10.7. The van der Waals surface area contributed by atoms with Crippen LogP contribution in [0.4, 0.5) is 5.69 Å². The number of anilines is 1. The number of rotatable bonds is 3. The van der Waals surface area contributed by atoms with Crippen LogP contribution in [0.3, 0.4) is 0 Å². The molecule has 7 heteroatoms. The largest absolute Gasteiger partial charge is 0.318 e. The van der Waals surface area contributed by atoms with Crippen molar-refractivity contribution in [3.8, 4) is 0 Å². The number of carbonyl (C=O) groups is 1. The molecular formula is C11H12ClN5O. The Morgan fingerprint density at radius 1 is 1.44 bits per heavy atom. The van der Waals surface area contributed by atoms with Gasteiger partial charge in [0.1, 0.15) is 11.0 Å². The zero-order chi connectivity index (χ0) is 13.1. The van der Waals surface area contributed by atoms with Crippen molar-refractivity contribution in [3.05, 3.63) is 35.1 Å². The van der Waals surface area contributed by atoms with Crippen molar-refractivity contribution in [2.24, 2.45) is 0 Å². The first-order chi connectivity index (χ1) is 8.56. The fraction of sp³-hybridized carbons (Fsp3) is 0.273. The van der Waals surface area contributed by atoms with Crippen LogP contribution in [0.1, 0.15) is 36.2 Å². The van der Waals surface area contributed by atoms with Gasteiger partial charge < -0.3 is 5.32 Å². The summed E-state index contributed by atoms with van der Waals surface area (Å²) in [5, 5.41) is 9.58. The summed E-state index contributed by atoms with van der Waals surface area (Å²) >= 11 is 5.65. The van der Waals surface area contributed by atoms with Crippen LogP contribution in [0.25, 0.3) is 0 Å². The first kappa shape index (κ1) is 12.5. The maximum atomic E-state index is 11.8. The van der Waals surface area contributed by atoms with Gasteiger partial charge in [-0.25, -0.2) is 9.97 Å². The monoisotopic (exact) mass is 265 g/mol. The third kappa shape index (κ3) is 2.84. The topological polar surface area (TPSA) is 83.6 Å². The lowest BCUT2D eigenvalue weighted by molar-refractivity contribution is 0.101. The second-order valence-electron chi connectivity index (χ2n) is 4.02. The number of nitrogens with zero attached hydrogens (tertiary/aromatic N) is 3. The van der Waals surface area contributed by atoms with Gasteiger partial charge in [-0.1, -0.05) is 25.4 Å². The molecule has 0 spiro atoms. The van der Waals surface area contributed by atoms with Gasteiger partial charge in [0.2, 0.25) is 5.82 Å². The lowest BCUT2D eigenvalue weighted by atomic mass is 10.2. The van der Waals surface area contributed by atoms with Gasteiger partial charge in [0, 0.05) is 5.92 Å². The molecule has 0 aliphatic carbocycles. The summed E-state index contributed by atoms with van der Waals surface area (Å²) in [7, 11) is 0. The molecule has 94 valence electrons. The average molecular weight is 266 g/mol. The van der Waals surface area contributed by atoms with E-state index in [0.29, 0.717) is 16.7 Å². The maximum absolute atomic E-state index is 11.8. The van der Waals surface area contributed by atoms with Crippen LogP contribution in [0.15, 0.2) is 18.3 Å². The smallest absolute Gasteiger partial charge is 0.295 e. The number of halogens is 1. The Labute approximate surface area is 109 Å². The lowest BCUT2D eigenvalue weighted by Crippen LogP contribution is -2.14. The molecule has 18 heavy (non-hydrogen) atoms. The first-order valence-electron chi connectivity index (χ1n) is 5.41. The van der Waals surface area contributed by atoms with E-state index in [-0.39, 0.29) is 17.6 Å². The van der Waals surface area contributed by atoms with E-state index in [9.17, 15) is 4.79 Å². The third-order valence-corrected chi connectivity index (χ3v) is 2.46. The van der Waals surface area contributed by atoms with Gasteiger partial charge in [-0.3, -0.25) is 9.89 Å². The second kappa shape index (κ2) is 5.14. The quantitative estimate of drug-likeness (QED) is 0.834. The number of hydrogen-bond acceptors (Lipinski definition) is 4. The molecule has 2 aromatic heterocycles. The number of aromatic nitrogens is 4. The molecule has 0 aliphatic heterocycles. The first-order valence-corrected chi connectivity index (χ1v) is 5.79. The van der Waals surface area contributed by atoms with Crippen LogP contribution in [-0.2, 0) is 0 Å². The summed E-state index contributed by atoms with van der Waals surface area (Å²) in [5.74, 6) is 0.585. The molecule has 0 atom stereocenters. The van der Waals surface area contributed by atoms with Crippen LogP contribution < -0.4 is 5.32 Å². The van der Waals surface area contributed by atoms with Gasteiger partial charge in [-0.2, -0.15) is 0 Å². The second-order valence-corrected chi connectivity index (χ2v) is 4.41. The molecule has 0 unspecified atom stereocenters. The highest BCUT2D eigenvalue weighted by atomic mass is 35.5. The molecule has 0 aliphatic rings. The Kier molecular flexibility index (Phi) is 3.57. The van der Waals surface area contributed by atoms with E-state index in [2.05, 4.69) is 25.5 Å². The number of H-pyrrole nitrogens is 1. The fourth-order valence-corrected chi connectivity index (χ4v) is 1.38. The van der Waals surface area contributed by atoms with Crippen molar-refractivity contribution in [1.82, 2.24) is 20.2 Å². The summed E-state index contributed by atoms with van der Waals surface area (Å²) in [6.45, 7) is 3.93. The van der Waals surface area contributed by atoms with Gasteiger partial charge in [0.15, 0.2) is 0 Å². The van der Waals surface area contributed by atoms with Crippen molar-refractivity contribution in [2.75, 3.05) is 5.32 Å². The number of hydrogen-bond donors (Lipinski definition) is 2. The van der Waals surface area contributed by atoms with Crippen LogP contribution >= 0.6 is 11.6 Å². The molecular weight excluding hydrogens is 254 g/mol. The van der Waals surface area contributed by atoms with Crippen molar-refractivity contribution in [3.63, 3.8) is 0 Å². The minimum atomic E-state index is -0.387. The summed E-state index contributed by atoms with van der Waals surface area (Å²) < 4.78 is 0. The Morgan fingerprint density at radius 3 is 2.78 bits per heavy atom. The van der Waals surface area contributed by atoms with E-state index >= 15 is 0 Å². The predicted molar refractivity (Wildman–Crippen MR) is 67.7 cm³/mol. The molecule has 0 saturated heterocycles. The molecule has 2 aromatic rings. The Hall–Kier alpha value is -1.95. The lowest BCUT2D eigenvalue weighted by Gasteiger charge is -2.01. The molecule has 6 nitrogen and oxygen atoms in total. The van der Waals surface area contributed by atoms with E-state index in [1.165, 1.54) is 6.20 Å². The maximum Gasteiger partial charge on any atom is 0.295 e. The highest BCUT2D eigenvalue weighted by molar-refractivity contribution is 6.29. The van der Waals surface area contributed by atoms with Crippen LogP contribution in [0, 0.1) is 0 Å². The van der Waals surface area contributed by atoms with Crippen molar-refractivity contribution in [2.45, 2.75) is 19.8 Å². The number of amides is 1. The highest BCUT2D eigenvalue weighted by Crippen LogP contribution is 2.11. The molecule has 2 rings (SSSR count). The number of nitrogens with one attached hydrogen (secondary N) is 2. The molecule has 0 fully saturated rings.